The van der Waals surface area contributed by atoms with Crippen molar-refractivity contribution >= 4 is 5.97 Å². The molecule has 1 unspecified atom stereocenters. The first kappa shape index (κ1) is 50.5. The third-order valence-corrected chi connectivity index (χ3v) is 10.5. The van der Waals surface area contributed by atoms with Crippen molar-refractivity contribution in [2.75, 3.05) is 0 Å². The van der Waals surface area contributed by atoms with Crippen molar-refractivity contribution in [3.8, 4) is 0 Å². The van der Waals surface area contributed by atoms with Crippen molar-refractivity contribution in [3.63, 3.8) is 0 Å². The predicted octanol–water partition coefficient (Wildman–Crippen LogP) is 16.5. The molecular weight excluding hydrogens is 601 g/mol. The second-order valence-electron chi connectivity index (χ2n) is 15.7. The Balaban J connectivity index is 0. The molecule has 0 heterocycles. The van der Waals surface area contributed by atoms with Gasteiger partial charge in [0.15, 0.2) is 0 Å². The van der Waals surface area contributed by atoms with Crippen LogP contribution in [0.5, 0.6) is 0 Å². The minimum atomic E-state index is -0.653. The van der Waals surface area contributed by atoms with Crippen LogP contribution in [0.25, 0.3) is 0 Å². The lowest BCUT2D eigenvalue weighted by Crippen LogP contribution is -2.05. The van der Waals surface area contributed by atoms with Gasteiger partial charge in [0.2, 0.25) is 0 Å². The molecule has 0 aromatic heterocycles. The molecule has 0 aliphatic heterocycles. The molecule has 0 spiro atoms. The minimum absolute atomic E-state index is 0.0305. The fourth-order valence-electron chi connectivity index (χ4n) is 7.06. The van der Waals surface area contributed by atoms with E-state index in [1.807, 2.05) is 0 Å². The van der Waals surface area contributed by atoms with Crippen LogP contribution in [-0.4, -0.2) is 22.3 Å². The van der Waals surface area contributed by atoms with Gasteiger partial charge in [-0.3, -0.25) is 4.79 Å². The molecule has 0 saturated heterocycles. The topological polar surface area (TPSA) is 57.5 Å². The van der Waals surface area contributed by atoms with Gasteiger partial charge in [0.05, 0.1) is 6.10 Å². The molecule has 0 aliphatic rings. The Labute approximate surface area is 310 Å². The van der Waals surface area contributed by atoms with E-state index in [2.05, 4.69) is 20.8 Å². The van der Waals surface area contributed by atoms with Gasteiger partial charge in [-0.1, -0.05) is 258 Å². The maximum Gasteiger partial charge on any atom is 0.303 e. The molecule has 0 amide bonds. The second kappa shape index (κ2) is 47.4. The van der Waals surface area contributed by atoms with Crippen molar-refractivity contribution in [2.45, 2.75) is 290 Å². The molecule has 0 bridgehead atoms. The molecule has 2 N–H and O–H groups in total. The summed E-state index contributed by atoms with van der Waals surface area (Å²) in [6, 6.07) is 0. The molecule has 0 radical (unpaired) electrons. The summed E-state index contributed by atoms with van der Waals surface area (Å²) in [5.74, 6) is -0.653. The van der Waals surface area contributed by atoms with Gasteiger partial charge in [0.25, 0.3) is 0 Å². The van der Waals surface area contributed by atoms with E-state index in [-0.39, 0.29) is 6.10 Å². The number of hydrogen-bond donors (Lipinski definition) is 2. The van der Waals surface area contributed by atoms with E-state index in [9.17, 15) is 9.90 Å². The maximum absolute atomic E-state index is 10.3. The summed E-state index contributed by atoms with van der Waals surface area (Å²) in [5, 5.41) is 18.6. The van der Waals surface area contributed by atoms with E-state index < -0.39 is 5.97 Å². The molecule has 1 atom stereocenters. The second-order valence-corrected chi connectivity index (χ2v) is 15.7. The van der Waals surface area contributed by atoms with Gasteiger partial charge in [0.1, 0.15) is 0 Å². The summed E-state index contributed by atoms with van der Waals surface area (Å²) in [4.78, 5) is 10.3. The molecule has 49 heavy (non-hydrogen) atoms. The number of carboxylic acids is 1. The highest BCUT2D eigenvalue weighted by molar-refractivity contribution is 5.66. The zero-order valence-electron chi connectivity index (χ0n) is 34.4. The third-order valence-electron chi connectivity index (χ3n) is 10.5. The highest BCUT2D eigenvalue weighted by Gasteiger charge is 2.04. The van der Waals surface area contributed by atoms with E-state index in [4.69, 9.17) is 5.11 Å². The highest BCUT2D eigenvalue weighted by atomic mass is 16.4. The SMILES string of the molecule is CCCCCCCCCCCCCCCCCC(=O)O.CCCCCCCCCCCCCCCCCC(O)CCCCCCCCCC. The largest absolute Gasteiger partial charge is 0.481 e. The van der Waals surface area contributed by atoms with Gasteiger partial charge in [-0.25, -0.2) is 0 Å². The zero-order chi connectivity index (χ0) is 36.1. The normalized spacial score (nSPS) is 11.8. The van der Waals surface area contributed by atoms with E-state index in [0.717, 1.165) is 25.7 Å². The van der Waals surface area contributed by atoms with Gasteiger partial charge in [0, 0.05) is 6.42 Å². The fourth-order valence-corrected chi connectivity index (χ4v) is 7.06. The standard InChI is InChI=1S/C28H58O.C18H36O2/c1-3-5-7-9-11-13-14-15-16-17-18-19-21-23-25-27-28(29)26-24-22-20-12-10-8-6-4-2;1-2-3-4-5-6-7-8-9-10-11-12-13-14-15-16-17-18(19)20/h28-29H,3-27H2,1-2H3;2-17H2,1H3,(H,19,20). The third kappa shape index (κ3) is 51.9. The monoisotopic (exact) mass is 695 g/mol. The molecule has 0 saturated carbocycles. The van der Waals surface area contributed by atoms with E-state index >= 15 is 0 Å². The molecule has 296 valence electrons. The Morgan fingerprint density at radius 3 is 0.714 bits per heavy atom. The van der Waals surface area contributed by atoms with Crippen molar-refractivity contribution in [1.29, 1.82) is 0 Å². The molecule has 0 aromatic rings. The Kier molecular flexibility index (Phi) is 48.9. The highest BCUT2D eigenvalue weighted by Crippen LogP contribution is 2.17. The van der Waals surface area contributed by atoms with Crippen LogP contribution < -0.4 is 0 Å². The lowest BCUT2D eigenvalue weighted by Gasteiger charge is -2.10. The Bertz CT molecular complexity index is 577. The van der Waals surface area contributed by atoms with Crippen LogP contribution in [0, 0.1) is 0 Å². The lowest BCUT2D eigenvalue weighted by molar-refractivity contribution is -0.137. The Hall–Kier alpha value is -0.570. The summed E-state index contributed by atoms with van der Waals surface area (Å²) in [6.07, 6.45) is 54.3. The molecule has 0 fully saturated rings. The minimum Gasteiger partial charge on any atom is -0.481 e. The number of carbonyl (C=O) groups is 1. The first-order valence-corrected chi connectivity index (χ1v) is 23.0. The molecule has 3 nitrogen and oxygen atoms in total. The van der Waals surface area contributed by atoms with Crippen LogP contribution >= 0.6 is 0 Å². The average molecular weight is 695 g/mol. The molecule has 0 rings (SSSR count). The molecule has 0 aromatic carbocycles. The Morgan fingerprint density at radius 1 is 0.327 bits per heavy atom. The lowest BCUT2D eigenvalue weighted by atomic mass is 10.0. The first-order valence-electron chi connectivity index (χ1n) is 23.0. The van der Waals surface area contributed by atoms with Gasteiger partial charge >= 0.3 is 5.97 Å². The smallest absolute Gasteiger partial charge is 0.303 e. The predicted molar refractivity (Wildman–Crippen MR) is 220 cm³/mol. The number of carboxylic acid groups (broad SMARTS) is 1. The van der Waals surface area contributed by atoms with Gasteiger partial charge < -0.3 is 10.2 Å². The number of rotatable bonds is 41. The summed E-state index contributed by atoms with van der Waals surface area (Å²) in [5.41, 5.74) is 0. The number of aliphatic carboxylic acids is 1. The fraction of sp³-hybridized carbons (Fsp3) is 0.978. The maximum atomic E-state index is 10.3. The first-order chi connectivity index (χ1) is 24.1. The van der Waals surface area contributed by atoms with Crippen LogP contribution in [0.2, 0.25) is 0 Å². The quantitative estimate of drug-likeness (QED) is 0.0626. The summed E-state index contributed by atoms with van der Waals surface area (Å²) in [7, 11) is 0. The number of aliphatic hydroxyl groups excluding tert-OH is 1. The Morgan fingerprint density at radius 2 is 0.510 bits per heavy atom. The van der Waals surface area contributed by atoms with Gasteiger partial charge in [-0.15, -0.1) is 0 Å². The zero-order valence-corrected chi connectivity index (χ0v) is 34.4. The van der Waals surface area contributed by atoms with E-state index in [1.165, 1.54) is 231 Å². The number of aliphatic hydroxyl groups is 1. The van der Waals surface area contributed by atoms with E-state index in [0.29, 0.717) is 6.42 Å². The number of unbranched alkanes of at least 4 members (excludes halogenated alkanes) is 35. The summed E-state index contributed by atoms with van der Waals surface area (Å²) >= 11 is 0. The summed E-state index contributed by atoms with van der Waals surface area (Å²) in [6.45, 7) is 6.84. The van der Waals surface area contributed by atoms with Crippen LogP contribution in [0.1, 0.15) is 284 Å². The van der Waals surface area contributed by atoms with Crippen molar-refractivity contribution in [2.24, 2.45) is 0 Å². The van der Waals surface area contributed by atoms with Gasteiger partial charge in [-0.2, -0.15) is 0 Å². The molecule has 0 aliphatic carbocycles. The van der Waals surface area contributed by atoms with Crippen molar-refractivity contribution in [3.05, 3.63) is 0 Å². The molecular formula is C46H94O3. The number of hydrogen-bond acceptors (Lipinski definition) is 2. The van der Waals surface area contributed by atoms with E-state index in [1.54, 1.807) is 0 Å². The van der Waals surface area contributed by atoms with Crippen LogP contribution in [-0.2, 0) is 4.79 Å². The van der Waals surface area contributed by atoms with Crippen LogP contribution in [0.3, 0.4) is 0 Å². The van der Waals surface area contributed by atoms with Crippen molar-refractivity contribution in [1.82, 2.24) is 0 Å². The summed E-state index contributed by atoms with van der Waals surface area (Å²) < 4.78 is 0. The van der Waals surface area contributed by atoms with Crippen LogP contribution in [0.4, 0.5) is 0 Å². The van der Waals surface area contributed by atoms with Crippen molar-refractivity contribution < 1.29 is 15.0 Å². The molecule has 3 heteroatoms. The van der Waals surface area contributed by atoms with Gasteiger partial charge in [-0.05, 0) is 19.3 Å². The van der Waals surface area contributed by atoms with Crippen LogP contribution in [0.15, 0.2) is 0 Å². The average Bonchev–Trinajstić information content (AvgIpc) is 3.09.